The van der Waals surface area contributed by atoms with E-state index in [1.807, 2.05) is 0 Å². The number of hydrogen-bond donors (Lipinski definition) is 2. The molecular weight excluding hydrogens is 450 g/mol. The lowest BCUT2D eigenvalue weighted by molar-refractivity contribution is 0.102. The smallest absolute Gasteiger partial charge is 0.407 e. The molecule has 174 valence electrons. The van der Waals surface area contributed by atoms with Crippen molar-refractivity contribution in [3.05, 3.63) is 65.4 Å². The summed E-state index contributed by atoms with van der Waals surface area (Å²) in [5.74, 6) is -2.78. The fourth-order valence-corrected chi connectivity index (χ4v) is 3.95. The molecular formula is C22H18F2N6O4. The van der Waals surface area contributed by atoms with Crippen molar-refractivity contribution >= 4 is 23.3 Å². The maximum atomic E-state index is 15.5. The first kappa shape index (κ1) is 21.5. The van der Waals surface area contributed by atoms with Crippen LogP contribution in [-0.4, -0.2) is 54.6 Å². The Kier molecular flexibility index (Phi) is 5.19. The summed E-state index contributed by atoms with van der Waals surface area (Å²) in [5.41, 5.74) is -0.0708. The van der Waals surface area contributed by atoms with Gasteiger partial charge in [0.1, 0.15) is 17.2 Å². The highest BCUT2D eigenvalue weighted by Gasteiger charge is 2.32. The van der Waals surface area contributed by atoms with Crippen molar-refractivity contribution in [2.45, 2.75) is 19.3 Å². The molecule has 5 rings (SSSR count). The fourth-order valence-electron chi connectivity index (χ4n) is 3.95. The molecule has 34 heavy (non-hydrogen) atoms. The number of carbonyl (C=O) groups excluding carboxylic acids is 1. The molecule has 4 aromatic rings. The average Bonchev–Trinajstić information content (AvgIpc) is 3.57. The third-order valence-corrected chi connectivity index (χ3v) is 5.84. The van der Waals surface area contributed by atoms with Crippen molar-refractivity contribution in [1.29, 1.82) is 0 Å². The minimum Gasteiger partial charge on any atom is -0.465 e. The monoisotopic (exact) mass is 468 g/mol. The average molecular weight is 468 g/mol. The van der Waals surface area contributed by atoms with Gasteiger partial charge in [-0.2, -0.15) is 4.98 Å². The lowest BCUT2D eigenvalue weighted by atomic mass is 10.1. The predicted octanol–water partition coefficient (Wildman–Crippen LogP) is 3.69. The first-order chi connectivity index (χ1) is 16.3. The van der Waals surface area contributed by atoms with Crippen LogP contribution >= 0.6 is 0 Å². The first-order valence-electron chi connectivity index (χ1n) is 10.4. The van der Waals surface area contributed by atoms with Crippen LogP contribution in [0.25, 0.3) is 17.0 Å². The van der Waals surface area contributed by atoms with Crippen LogP contribution in [0.15, 0.2) is 41.2 Å². The van der Waals surface area contributed by atoms with Gasteiger partial charge >= 0.3 is 6.09 Å². The van der Waals surface area contributed by atoms with E-state index in [0.29, 0.717) is 18.6 Å². The van der Waals surface area contributed by atoms with Gasteiger partial charge in [-0.3, -0.25) is 9.20 Å². The van der Waals surface area contributed by atoms with E-state index in [-0.39, 0.29) is 46.7 Å². The van der Waals surface area contributed by atoms with Crippen LogP contribution in [0.5, 0.6) is 0 Å². The van der Waals surface area contributed by atoms with E-state index in [4.69, 9.17) is 9.63 Å². The van der Waals surface area contributed by atoms with Crippen molar-refractivity contribution in [3.8, 4) is 11.4 Å². The van der Waals surface area contributed by atoms with Gasteiger partial charge in [-0.25, -0.2) is 18.6 Å². The van der Waals surface area contributed by atoms with Gasteiger partial charge in [0.25, 0.3) is 5.91 Å². The highest BCUT2D eigenvalue weighted by atomic mass is 19.1. The Hall–Kier alpha value is -4.35. The van der Waals surface area contributed by atoms with Crippen LogP contribution in [0.4, 0.5) is 19.3 Å². The molecule has 1 aromatic carbocycles. The molecule has 0 spiro atoms. The molecule has 0 saturated carbocycles. The van der Waals surface area contributed by atoms with Gasteiger partial charge in [0.05, 0.1) is 23.4 Å². The zero-order chi connectivity index (χ0) is 24.0. The molecule has 1 saturated heterocycles. The number of carboxylic acid groups (broad SMARTS) is 1. The van der Waals surface area contributed by atoms with E-state index in [1.54, 1.807) is 24.4 Å². The van der Waals surface area contributed by atoms with E-state index in [9.17, 15) is 14.0 Å². The zero-order valence-electron chi connectivity index (χ0n) is 17.8. The number of amides is 2. The molecule has 1 fully saturated rings. The Balaban J connectivity index is 1.46. The molecule has 0 unspecified atom stereocenters. The Bertz CT molecular complexity index is 1430. The summed E-state index contributed by atoms with van der Waals surface area (Å²) in [4.78, 5) is 33.5. The minimum atomic E-state index is -1.06. The molecule has 0 aliphatic carbocycles. The summed E-state index contributed by atoms with van der Waals surface area (Å²) in [7, 11) is 0. The maximum absolute atomic E-state index is 15.5. The summed E-state index contributed by atoms with van der Waals surface area (Å²) in [6, 6.07) is 6.11. The van der Waals surface area contributed by atoms with Crippen molar-refractivity contribution in [2.24, 2.45) is 0 Å². The first-order valence-corrected chi connectivity index (χ1v) is 10.4. The number of rotatable bonds is 4. The van der Waals surface area contributed by atoms with Crippen molar-refractivity contribution in [1.82, 2.24) is 24.4 Å². The van der Waals surface area contributed by atoms with E-state index in [2.05, 4.69) is 20.4 Å². The normalized spacial score (nSPS) is 15.7. The molecule has 0 radical (unpaired) electrons. The molecule has 1 atom stereocenters. The summed E-state index contributed by atoms with van der Waals surface area (Å²) < 4.78 is 36.9. The van der Waals surface area contributed by atoms with E-state index >= 15 is 4.39 Å². The summed E-state index contributed by atoms with van der Waals surface area (Å²) in [6.45, 7) is 1.82. The number of pyridine rings is 1. The number of halogens is 2. The Morgan fingerprint density at radius 2 is 2.12 bits per heavy atom. The number of carbonyl (C=O) groups is 2. The Labute approximate surface area is 190 Å². The number of nitrogens with zero attached hydrogens (tertiary/aromatic N) is 5. The highest BCUT2D eigenvalue weighted by molar-refractivity contribution is 6.04. The third kappa shape index (κ3) is 3.62. The van der Waals surface area contributed by atoms with Gasteiger partial charge in [0.15, 0.2) is 5.82 Å². The SMILES string of the molecule is Cc1c(F)cc(-c2noc([C@H]3CCN(C(=O)O)C3)n2)c(F)c1NC(=O)c1cnc2ccccn12. The van der Waals surface area contributed by atoms with Gasteiger partial charge in [0, 0.05) is 24.8 Å². The summed E-state index contributed by atoms with van der Waals surface area (Å²) in [6.07, 6.45) is 2.39. The molecule has 3 aromatic heterocycles. The van der Waals surface area contributed by atoms with E-state index < -0.39 is 23.6 Å². The largest absolute Gasteiger partial charge is 0.465 e. The molecule has 10 nitrogen and oxygen atoms in total. The number of aromatic nitrogens is 4. The molecule has 1 aliphatic rings. The van der Waals surface area contributed by atoms with Gasteiger partial charge in [-0.05, 0) is 31.5 Å². The number of benzene rings is 1. The number of imidazole rings is 1. The summed E-state index contributed by atoms with van der Waals surface area (Å²) >= 11 is 0. The van der Waals surface area contributed by atoms with Gasteiger partial charge < -0.3 is 19.8 Å². The molecule has 2 amide bonds. The van der Waals surface area contributed by atoms with E-state index in [1.165, 1.54) is 22.4 Å². The number of hydrogen-bond acceptors (Lipinski definition) is 6. The van der Waals surface area contributed by atoms with Crippen LogP contribution < -0.4 is 5.32 Å². The molecule has 0 bridgehead atoms. The van der Waals surface area contributed by atoms with Crippen LogP contribution in [0.2, 0.25) is 0 Å². The van der Waals surface area contributed by atoms with Gasteiger partial charge in [-0.15, -0.1) is 0 Å². The second kappa shape index (κ2) is 8.21. The zero-order valence-corrected chi connectivity index (χ0v) is 17.8. The maximum Gasteiger partial charge on any atom is 0.407 e. The quantitative estimate of drug-likeness (QED) is 0.468. The third-order valence-electron chi connectivity index (χ3n) is 5.84. The predicted molar refractivity (Wildman–Crippen MR) is 114 cm³/mol. The van der Waals surface area contributed by atoms with Crippen molar-refractivity contribution in [2.75, 3.05) is 18.4 Å². The molecule has 4 heterocycles. The van der Waals surface area contributed by atoms with Crippen molar-refractivity contribution in [3.63, 3.8) is 0 Å². The van der Waals surface area contributed by atoms with Gasteiger partial charge in [0.2, 0.25) is 11.7 Å². The number of likely N-dealkylation sites (tertiary alicyclic amines) is 1. The lowest BCUT2D eigenvalue weighted by Gasteiger charge is -2.12. The van der Waals surface area contributed by atoms with Crippen LogP contribution in [-0.2, 0) is 0 Å². The standard InChI is InChI=1S/C22H18F2N6O4/c1-11-14(23)8-13(19-27-21(34-28-19)12-5-7-29(10-12)22(32)33)17(24)18(11)26-20(31)15-9-25-16-4-2-3-6-30(15)16/h2-4,6,8-9,12H,5,7,10H2,1H3,(H,26,31)(H,32,33)/t12-/m0/s1. The highest BCUT2D eigenvalue weighted by Crippen LogP contribution is 2.33. The molecule has 1 aliphatic heterocycles. The Morgan fingerprint density at radius 3 is 2.88 bits per heavy atom. The van der Waals surface area contributed by atoms with Crippen LogP contribution in [0, 0.1) is 18.6 Å². The van der Waals surface area contributed by atoms with Crippen LogP contribution in [0.3, 0.4) is 0 Å². The topological polar surface area (TPSA) is 126 Å². The fraction of sp³-hybridized carbons (Fsp3) is 0.227. The second-order valence-corrected chi connectivity index (χ2v) is 7.92. The molecule has 2 N–H and O–H groups in total. The number of nitrogens with one attached hydrogen (secondary N) is 1. The lowest BCUT2D eigenvalue weighted by Crippen LogP contribution is -2.26. The number of fused-ring (bicyclic) bond motifs is 1. The van der Waals surface area contributed by atoms with Crippen molar-refractivity contribution < 1.29 is 28.0 Å². The second-order valence-electron chi connectivity index (χ2n) is 7.92. The molecule has 12 heteroatoms. The van der Waals surface area contributed by atoms with E-state index in [0.717, 1.165) is 6.07 Å². The van der Waals surface area contributed by atoms with Gasteiger partial charge in [-0.1, -0.05) is 11.2 Å². The Morgan fingerprint density at radius 1 is 1.29 bits per heavy atom. The minimum absolute atomic E-state index is 0.0972. The number of anilines is 1. The van der Waals surface area contributed by atoms with Crippen LogP contribution in [0.1, 0.15) is 34.3 Å². The summed E-state index contributed by atoms with van der Waals surface area (Å²) in [5, 5.41) is 15.3.